The number of carboxylic acids is 1. The predicted octanol–water partition coefficient (Wildman–Crippen LogP) is 4.26. The number of benzene rings is 2. The molecular weight excluding hydrogens is 398 g/mol. The summed E-state index contributed by atoms with van der Waals surface area (Å²) in [5.41, 5.74) is 1.68. The van der Waals surface area contributed by atoms with Crippen molar-refractivity contribution in [3.05, 3.63) is 71.8 Å². The van der Waals surface area contributed by atoms with Gasteiger partial charge in [-0.3, -0.25) is 9.69 Å². The number of carbonyl (C=O) groups is 3. The Bertz CT molecular complexity index is 838. The van der Waals surface area contributed by atoms with Crippen LogP contribution in [-0.2, 0) is 32.3 Å². The maximum Gasteiger partial charge on any atom is 0.410 e. The maximum atomic E-state index is 12.7. The average molecular weight is 427 g/mol. The van der Waals surface area contributed by atoms with Crippen LogP contribution in [-0.4, -0.2) is 40.6 Å². The minimum Gasteiger partial charge on any atom is -0.480 e. The van der Waals surface area contributed by atoms with Crippen LogP contribution >= 0.6 is 0 Å². The van der Waals surface area contributed by atoms with Gasteiger partial charge in [0.1, 0.15) is 19.3 Å². The van der Waals surface area contributed by atoms with Gasteiger partial charge in [-0.15, -0.1) is 0 Å². The standard InChI is InChI=1S/C24H29NO6/c1-18(2)22(23(27)28)25(24(29)31-17-20-12-7-4-8-13-20)15-9-14-21(26)30-16-19-10-5-3-6-11-19/h3-8,10-13,18,22H,9,14-17H2,1-2H3,(H,27,28)/t22-/m0/s1. The third-order valence-corrected chi connectivity index (χ3v) is 4.68. The van der Waals surface area contributed by atoms with Gasteiger partial charge in [0.25, 0.3) is 0 Å². The van der Waals surface area contributed by atoms with E-state index in [4.69, 9.17) is 9.47 Å². The fourth-order valence-electron chi connectivity index (χ4n) is 3.13. The van der Waals surface area contributed by atoms with Crippen molar-refractivity contribution in [3.63, 3.8) is 0 Å². The summed E-state index contributed by atoms with van der Waals surface area (Å²) in [6, 6.07) is 17.4. The highest BCUT2D eigenvalue weighted by atomic mass is 16.6. The summed E-state index contributed by atoms with van der Waals surface area (Å²) in [6.45, 7) is 3.74. The van der Waals surface area contributed by atoms with E-state index in [0.717, 1.165) is 11.1 Å². The number of carboxylic acid groups (broad SMARTS) is 1. The van der Waals surface area contributed by atoms with E-state index in [1.807, 2.05) is 60.7 Å². The quantitative estimate of drug-likeness (QED) is 0.539. The summed E-state index contributed by atoms with van der Waals surface area (Å²) in [5, 5.41) is 9.63. The van der Waals surface area contributed by atoms with Gasteiger partial charge in [-0.05, 0) is 23.5 Å². The molecule has 0 fully saturated rings. The van der Waals surface area contributed by atoms with Crippen molar-refractivity contribution in [3.8, 4) is 0 Å². The predicted molar refractivity (Wildman–Crippen MR) is 115 cm³/mol. The smallest absolute Gasteiger partial charge is 0.410 e. The molecule has 1 N–H and O–H groups in total. The monoisotopic (exact) mass is 427 g/mol. The summed E-state index contributed by atoms with van der Waals surface area (Å²) in [7, 11) is 0. The van der Waals surface area contributed by atoms with Crippen molar-refractivity contribution in [2.45, 2.75) is 45.9 Å². The van der Waals surface area contributed by atoms with Crippen LogP contribution in [0, 0.1) is 5.92 Å². The number of aliphatic carboxylic acids is 1. The normalized spacial score (nSPS) is 11.6. The van der Waals surface area contributed by atoms with Crippen LogP contribution in [0.25, 0.3) is 0 Å². The van der Waals surface area contributed by atoms with Crippen LogP contribution in [0.2, 0.25) is 0 Å². The van der Waals surface area contributed by atoms with Gasteiger partial charge >= 0.3 is 18.0 Å². The van der Waals surface area contributed by atoms with Gasteiger partial charge in [-0.2, -0.15) is 0 Å². The maximum absolute atomic E-state index is 12.7. The molecule has 7 nitrogen and oxygen atoms in total. The van der Waals surface area contributed by atoms with Crippen LogP contribution in [0.3, 0.4) is 0 Å². The van der Waals surface area contributed by atoms with Crippen molar-refractivity contribution in [2.75, 3.05) is 6.54 Å². The van der Waals surface area contributed by atoms with E-state index in [1.165, 1.54) is 4.90 Å². The van der Waals surface area contributed by atoms with Crippen molar-refractivity contribution in [1.29, 1.82) is 0 Å². The molecule has 166 valence electrons. The highest BCUT2D eigenvalue weighted by Gasteiger charge is 2.33. The van der Waals surface area contributed by atoms with Gasteiger partial charge in [0.15, 0.2) is 0 Å². The Morgan fingerprint density at radius 2 is 1.39 bits per heavy atom. The zero-order valence-corrected chi connectivity index (χ0v) is 17.9. The number of hydrogen-bond acceptors (Lipinski definition) is 5. The molecule has 0 radical (unpaired) electrons. The van der Waals surface area contributed by atoms with E-state index in [0.29, 0.717) is 0 Å². The van der Waals surface area contributed by atoms with Gasteiger partial charge in [0.05, 0.1) is 0 Å². The molecule has 0 saturated carbocycles. The Morgan fingerprint density at radius 3 is 1.87 bits per heavy atom. The summed E-state index contributed by atoms with van der Waals surface area (Å²) in [4.78, 5) is 37.7. The molecule has 7 heteroatoms. The lowest BCUT2D eigenvalue weighted by molar-refractivity contribution is -0.145. The minimum absolute atomic E-state index is 0.0414. The van der Waals surface area contributed by atoms with Gasteiger partial charge < -0.3 is 14.6 Å². The largest absolute Gasteiger partial charge is 0.480 e. The van der Waals surface area contributed by atoms with Crippen molar-refractivity contribution in [2.24, 2.45) is 5.92 Å². The number of hydrogen-bond donors (Lipinski definition) is 1. The first-order valence-corrected chi connectivity index (χ1v) is 10.3. The molecule has 0 bridgehead atoms. The van der Waals surface area contributed by atoms with Crippen LogP contribution < -0.4 is 0 Å². The third-order valence-electron chi connectivity index (χ3n) is 4.68. The summed E-state index contributed by atoms with van der Waals surface area (Å²) < 4.78 is 10.6. The molecule has 0 aliphatic heterocycles. The highest BCUT2D eigenvalue weighted by molar-refractivity contribution is 5.80. The Kier molecular flexibility index (Phi) is 9.55. The van der Waals surface area contributed by atoms with E-state index in [1.54, 1.807) is 13.8 Å². The lowest BCUT2D eigenvalue weighted by atomic mass is 10.0. The summed E-state index contributed by atoms with van der Waals surface area (Å²) in [5.74, 6) is -1.84. The molecule has 0 aliphatic carbocycles. The first kappa shape index (κ1) is 23.9. The van der Waals surface area contributed by atoms with E-state index >= 15 is 0 Å². The van der Waals surface area contributed by atoms with Crippen LogP contribution in [0.4, 0.5) is 4.79 Å². The van der Waals surface area contributed by atoms with E-state index in [-0.39, 0.29) is 38.5 Å². The highest BCUT2D eigenvalue weighted by Crippen LogP contribution is 2.16. The Hall–Kier alpha value is -3.35. The fraction of sp³-hybridized carbons (Fsp3) is 0.375. The van der Waals surface area contributed by atoms with Crippen LogP contribution in [0.5, 0.6) is 0 Å². The molecular formula is C24H29NO6. The van der Waals surface area contributed by atoms with E-state index < -0.39 is 24.1 Å². The molecule has 2 rings (SSSR count). The average Bonchev–Trinajstić information content (AvgIpc) is 2.76. The van der Waals surface area contributed by atoms with Crippen LogP contribution in [0.15, 0.2) is 60.7 Å². The molecule has 1 amide bonds. The van der Waals surface area contributed by atoms with E-state index in [9.17, 15) is 19.5 Å². The fourth-order valence-corrected chi connectivity index (χ4v) is 3.13. The molecule has 0 saturated heterocycles. The lowest BCUT2D eigenvalue weighted by Gasteiger charge is -2.30. The van der Waals surface area contributed by atoms with E-state index in [2.05, 4.69) is 0 Å². The second-order valence-electron chi connectivity index (χ2n) is 7.51. The summed E-state index contributed by atoms with van der Waals surface area (Å²) in [6.07, 6.45) is -0.382. The lowest BCUT2D eigenvalue weighted by Crippen LogP contribution is -2.48. The molecule has 2 aromatic rings. The molecule has 0 aromatic heterocycles. The minimum atomic E-state index is -1.11. The Balaban J connectivity index is 1.92. The van der Waals surface area contributed by atoms with Gasteiger partial charge in [-0.25, -0.2) is 9.59 Å². The molecule has 0 heterocycles. The molecule has 1 atom stereocenters. The van der Waals surface area contributed by atoms with Gasteiger partial charge in [0.2, 0.25) is 0 Å². The van der Waals surface area contributed by atoms with Crippen molar-refractivity contribution < 1.29 is 29.0 Å². The third kappa shape index (κ3) is 8.12. The molecule has 2 aromatic carbocycles. The molecule has 0 spiro atoms. The van der Waals surface area contributed by atoms with Gasteiger partial charge in [0, 0.05) is 13.0 Å². The Morgan fingerprint density at radius 1 is 0.871 bits per heavy atom. The number of amides is 1. The SMILES string of the molecule is CC(C)[C@@H](C(=O)O)N(CCCC(=O)OCc1ccccc1)C(=O)OCc1ccccc1. The molecule has 0 aliphatic rings. The van der Waals surface area contributed by atoms with Gasteiger partial charge in [-0.1, -0.05) is 74.5 Å². The second kappa shape index (κ2) is 12.4. The number of carbonyl (C=O) groups excluding carboxylic acids is 2. The molecule has 0 unspecified atom stereocenters. The first-order valence-electron chi connectivity index (χ1n) is 10.3. The Labute approximate surface area is 182 Å². The van der Waals surface area contributed by atoms with Crippen LogP contribution in [0.1, 0.15) is 37.8 Å². The summed E-state index contributed by atoms with van der Waals surface area (Å²) >= 11 is 0. The zero-order valence-electron chi connectivity index (χ0n) is 17.9. The topological polar surface area (TPSA) is 93.1 Å². The number of ether oxygens (including phenoxy) is 2. The zero-order chi connectivity index (χ0) is 22.6. The number of rotatable bonds is 11. The van der Waals surface area contributed by atoms with Crippen molar-refractivity contribution >= 4 is 18.0 Å². The second-order valence-corrected chi connectivity index (χ2v) is 7.51. The molecule has 31 heavy (non-hydrogen) atoms. The number of esters is 1. The first-order chi connectivity index (χ1) is 14.9. The van der Waals surface area contributed by atoms with Crippen molar-refractivity contribution in [1.82, 2.24) is 4.90 Å². The number of nitrogens with zero attached hydrogens (tertiary/aromatic N) is 1.